The van der Waals surface area contributed by atoms with Gasteiger partial charge in [0.05, 0.1) is 6.10 Å². The van der Waals surface area contributed by atoms with E-state index in [0.717, 1.165) is 0 Å². The quantitative estimate of drug-likeness (QED) is 0.757. The first-order valence-electron chi connectivity index (χ1n) is 4.64. The molecule has 1 N–H and O–H groups in total. The van der Waals surface area contributed by atoms with Gasteiger partial charge in [0.1, 0.15) is 0 Å². The first-order chi connectivity index (χ1) is 7.15. The molecule has 80 valence electrons. The van der Waals surface area contributed by atoms with Crippen LogP contribution < -0.4 is 0 Å². The van der Waals surface area contributed by atoms with Crippen molar-refractivity contribution in [3.05, 3.63) is 35.4 Å². The highest BCUT2D eigenvalue weighted by atomic mass is 19.3. The summed E-state index contributed by atoms with van der Waals surface area (Å²) in [5.74, 6) is 2.40. The van der Waals surface area contributed by atoms with Gasteiger partial charge >= 0.3 is 0 Å². The molecule has 0 aromatic heterocycles. The number of rotatable bonds is 4. The summed E-state index contributed by atoms with van der Waals surface area (Å²) in [6.07, 6.45) is 2.60. The van der Waals surface area contributed by atoms with Gasteiger partial charge in [-0.05, 0) is 18.1 Å². The van der Waals surface area contributed by atoms with Crippen LogP contribution in [0.1, 0.15) is 36.5 Å². The maximum atomic E-state index is 12.3. The number of benzene rings is 1. The molecule has 0 heterocycles. The molecular formula is C12H12F2O. The second-order valence-electron chi connectivity index (χ2n) is 3.23. The first kappa shape index (κ1) is 11.7. The van der Waals surface area contributed by atoms with Crippen LogP contribution in [-0.4, -0.2) is 5.11 Å². The highest BCUT2D eigenvalue weighted by Gasteiger charge is 2.11. The van der Waals surface area contributed by atoms with Crippen LogP contribution in [0.2, 0.25) is 0 Å². The maximum Gasteiger partial charge on any atom is 0.263 e. The molecule has 1 unspecified atom stereocenters. The number of alkyl halides is 2. The standard InChI is InChI=1S/C12H12F2O/c1-2-3-7-11(15)9-5-4-6-10(8-9)12(13)14/h1,4-6,8,11-12,15H,3,7H2. The van der Waals surface area contributed by atoms with Crippen molar-refractivity contribution in [3.8, 4) is 12.3 Å². The molecule has 15 heavy (non-hydrogen) atoms. The summed E-state index contributed by atoms with van der Waals surface area (Å²) in [5, 5.41) is 9.62. The van der Waals surface area contributed by atoms with Crippen LogP contribution >= 0.6 is 0 Å². The van der Waals surface area contributed by atoms with E-state index in [1.165, 1.54) is 18.2 Å². The van der Waals surface area contributed by atoms with E-state index in [1.54, 1.807) is 6.07 Å². The fraction of sp³-hybridized carbons (Fsp3) is 0.333. The molecule has 3 heteroatoms. The largest absolute Gasteiger partial charge is 0.388 e. The second kappa shape index (κ2) is 5.47. The number of hydrogen-bond donors (Lipinski definition) is 1. The zero-order chi connectivity index (χ0) is 11.3. The van der Waals surface area contributed by atoms with E-state index in [-0.39, 0.29) is 5.56 Å². The van der Waals surface area contributed by atoms with Crippen LogP contribution in [0.25, 0.3) is 0 Å². The third kappa shape index (κ3) is 3.34. The van der Waals surface area contributed by atoms with Crippen molar-refractivity contribution in [2.24, 2.45) is 0 Å². The minimum atomic E-state index is -2.51. The monoisotopic (exact) mass is 210 g/mol. The van der Waals surface area contributed by atoms with Crippen molar-refractivity contribution in [1.82, 2.24) is 0 Å². The summed E-state index contributed by atoms with van der Waals surface area (Å²) in [7, 11) is 0. The van der Waals surface area contributed by atoms with Crippen LogP contribution in [0.3, 0.4) is 0 Å². The molecule has 0 amide bonds. The molecule has 0 radical (unpaired) electrons. The van der Waals surface area contributed by atoms with E-state index in [1.807, 2.05) is 0 Å². The molecule has 1 aromatic carbocycles. The Labute approximate surface area is 87.7 Å². The van der Waals surface area contributed by atoms with Gasteiger partial charge in [0.25, 0.3) is 6.43 Å². The van der Waals surface area contributed by atoms with Crippen molar-refractivity contribution in [2.45, 2.75) is 25.4 Å². The Bertz CT molecular complexity index is 355. The van der Waals surface area contributed by atoms with Gasteiger partial charge in [-0.3, -0.25) is 0 Å². The molecule has 0 spiro atoms. The molecule has 1 rings (SSSR count). The second-order valence-corrected chi connectivity index (χ2v) is 3.23. The predicted molar refractivity (Wildman–Crippen MR) is 54.4 cm³/mol. The van der Waals surface area contributed by atoms with Gasteiger partial charge in [-0.2, -0.15) is 0 Å². The number of terminal acetylenes is 1. The third-order valence-electron chi connectivity index (χ3n) is 2.11. The first-order valence-corrected chi connectivity index (χ1v) is 4.64. The molecule has 0 aliphatic carbocycles. The predicted octanol–water partition coefficient (Wildman–Crippen LogP) is 3.07. The highest BCUT2D eigenvalue weighted by molar-refractivity contribution is 5.26. The zero-order valence-electron chi connectivity index (χ0n) is 8.16. The molecule has 1 atom stereocenters. The smallest absolute Gasteiger partial charge is 0.263 e. The van der Waals surface area contributed by atoms with Crippen molar-refractivity contribution >= 4 is 0 Å². The molecule has 0 bridgehead atoms. The Morgan fingerprint density at radius 2 is 2.00 bits per heavy atom. The van der Waals surface area contributed by atoms with E-state index < -0.39 is 12.5 Å². The van der Waals surface area contributed by atoms with Crippen molar-refractivity contribution in [2.75, 3.05) is 0 Å². The van der Waals surface area contributed by atoms with Gasteiger partial charge in [0.2, 0.25) is 0 Å². The summed E-state index contributed by atoms with van der Waals surface area (Å²) in [6, 6.07) is 5.77. The zero-order valence-corrected chi connectivity index (χ0v) is 8.16. The van der Waals surface area contributed by atoms with Crippen molar-refractivity contribution < 1.29 is 13.9 Å². The van der Waals surface area contributed by atoms with Crippen molar-refractivity contribution in [3.63, 3.8) is 0 Å². The van der Waals surface area contributed by atoms with Crippen LogP contribution in [0.5, 0.6) is 0 Å². The third-order valence-corrected chi connectivity index (χ3v) is 2.11. The number of aliphatic hydroxyl groups excluding tert-OH is 1. The topological polar surface area (TPSA) is 20.2 Å². The Balaban J connectivity index is 2.77. The molecule has 1 aromatic rings. The summed E-state index contributed by atoms with van der Waals surface area (Å²) in [4.78, 5) is 0. The van der Waals surface area contributed by atoms with Crippen LogP contribution in [0.4, 0.5) is 8.78 Å². The SMILES string of the molecule is C#CCCC(O)c1cccc(C(F)F)c1. The molecule has 1 nitrogen and oxygen atoms in total. The Hall–Kier alpha value is -1.40. The lowest BCUT2D eigenvalue weighted by atomic mass is 10.0. The Morgan fingerprint density at radius 1 is 1.33 bits per heavy atom. The van der Waals surface area contributed by atoms with Gasteiger partial charge in [-0.25, -0.2) is 8.78 Å². The van der Waals surface area contributed by atoms with E-state index in [9.17, 15) is 13.9 Å². The summed E-state index contributed by atoms with van der Waals surface area (Å²) in [5.41, 5.74) is 0.412. The molecule has 0 fully saturated rings. The molecule has 0 saturated carbocycles. The normalized spacial score (nSPS) is 12.5. The van der Waals surface area contributed by atoms with Crippen molar-refractivity contribution in [1.29, 1.82) is 0 Å². The molecule has 0 aliphatic heterocycles. The minimum absolute atomic E-state index is 0.0766. The number of halogens is 2. The molecule has 0 aliphatic rings. The average molecular weight is 210 g/mol. The highest BCUT2D eigenvalue weighted by Crippen LogP contribution is 2.24. The fourth-order valence-electron chi connectivity index (χ4n) is 1.29. The van der Waals surface area contributed by atoms with Crippen LogP contribution in [0.15, 0.2) is 24.3 Å². The summed E-state index contributed by atoms with van der Waals surface area (Å²) >= 11 is 0. The Morgan fingerprint density at radius 3 is 2.60 bits per heavy atom. The van der Waals surface area contributed by atoms with Crippen LogP contribution in [0, 0.1) is 12.3 Å². The Kier molecular flexibility index (Phi) is 4.26. The van der Waals surface area contributed by atoms with Gasteiger partial charge in [-0.1, -0.05) is 18.2 Å². The maximum absolute atomic E-state index is 12.3. The number of aliphatic hydroxyl groups is 1. The van der Waals surface area contributed by atoms with Gasteiger partial charge in [0, 0.05) is 12.0 Å². The summed E-state index contributed by atoms with van der Waals surface area (Å²) < 4.78 is 24.7. The van der Waals surface area contributed by atoms with Gasteiger partial charge in [-0.15, -0.1) is 12.3 Å². The molecular weight excluding hydrogens is 198 g/mol. The van der Waals surface area contributed by atoms with Crippen LogP contribution in [-0.2, 0) is 0 Å². The van der Waals surface area contributed by atoms with E-state index in [0.29, 0.717) is 18.4 Å². The van der Waals surface area contributed by atoms with E-state index in [4.69, 9.17) is 6.42 Å². The average Bonchev–Trinajstić information content (AvgIpc) is 2.26. The lowest BCUT2D eigenvalue weighted by Gasteiger charge is -2.10. The van der Waals surface area contributed by atoms with E-state index in [2.05, 4.69) is 5.92 Å². The van der Waals surface area contributed by atoms with E-state index >= 15 is 0 Å². The summed E-state index contributed by atoms with van der Waals surface area (Å²) in [6.45, 7) is 0. The van der Waals surface area contributed by atoms with Gasteiger partial charge in [0.15, 0.2) is 0 Å². The fourth-order valence-corrected chi connectivity index (χ4v) is 1.29. The minimum Gasteiger partial charge on any atom is -0.388 e. The lowest BCUT2D eigenvalue weighted by Crippen LogP contribution is -1.98. The van der Waals surface area contributed by atoms with Gasteiger partial charge < -0.3 is 5.11 Å². The molecule has 0 saturated heterocycles. The lowest BCUT2D eigenvalue weighted by molar-refractivity contribution is 0.149. The number of hydrogen-bond acceptors (Lipinski definition) is 1.